The fraction of sp³-hybridized carbons (Fsp3) is 0.611. The third-order valence-electron chi connectivity index (χ3n) is 5.72. The van der Waals surface area contributed by atoms with Crippen LogP contribution in [0.3, 0.4) is 0 Å². The molecule has 27 heavy (non-hydrogen) atoms. The number of halogens is 3. The summed E-state index contributed by atoms with van der Waals surface area (Å²) in [6, 6.07) is 3.38. The van der Waals surface area contributed by atoms with Crippen LogP contribution in [0.25, 0.3) is 0 Å². The third kappa shape index (κ3) is 4.63. The Morgan fingerprint density at radius 3 is 2.59 bits per heavy atom. The van der Waals surface area contributed by atoms with E-state index in [9.17, 15) is 26.4 Å². The van der Waals surface area contributed by atoms with Crippen LogP contribution in [0.1, 0.15) is 38.2 Å². The van der Waals surface area contributed by atoms with Crippen LogP contribution in [-0.4, -0.2) is 26.9 Å². The Kier molecular flexibility index (Phi) is 5.54. The summed E-state index contributed by atoms with van der Waals surface area (Å²) in [4.78, 5) is 11.6. The Morgan fingerprint density at radius 2 is 2.00 bits per heavy atom. The Bertz CT molecular complexity index is 810. The summed E-state index contributed by atoms with van der Waals surface area (Å²) in [6.45, 7) is 1.41. The van der Waals surface area contributed by atoms with Crippen LogP contribution < -0.4 is 10.0 Å². The number of carbonyl (C=O) groups is 1. The molecule has 2 bridgehead atoms. The minimum Gasteiger partial charge on any atom is -0.352 e. The van der Waals surface area contributed by atoms with E-state index in [1.54, 1.807) is 0 Å². The summed E-state index contributed by atoms with van der Waals surface area (Å²) >= 11 is 0. The van der Waals surface area contributed by atoms with Crippen LogP contribution in [0, 0.1) is 17.8 Å². The molecule has 0 saturated heterocycles. The second-order valence-corrected chi connectivity index (χ2v) is 9.31. The molecule has 0 heterocycles. The lowest BCUT2D eigenvalue weighted by molar-refractivity contribution is -0.137. The van der Waals surface area contributed by atoms with Crippen molar-refractivity contribution in [2.45, 2.75) is 49.7 Å². The molecule has 1 amide bonds. The van der Waals surface area contributed by atoms with E-state index in [1.165, 1.54) is 19.3 Å². The van der Waals surface area contributed by atoms with Gasteiger partial charge in [-0.25, -0.2) is 13.1 Å². The number of benzene rings is 1. The first kappa shape index (κ1) is 20.1. The van der Waals surface area contributed by atoms with E-state index in [0.717, 1.165) is 30.5 Å². The van der Waals surface area contributed by atoms with Gasteiger partial charge in [0.25, 0.3) is 0 Å². The van der Waals surface area contributed by atoms with Crippen LogP contribution >= 0.6 is 0 Å². The van der Waals surface area contributed by atoms with Crippen molar-refractivity contribution < 1.29 is 26.4 Å². The predicted molar refractivity (Wildman–Crippen MR) is 93.2 cm³/mol. The first-order chi connectivity index (χ1) is 12.6. The molecule has 1 aromatic carbocycles. The summed E-state index contributed by atoms with van der Waals surface area (Å²) < 4.78 is 64.7. The largest absolute Gasteiger partial charge is 0.416 e. The molecule has 2 aliphatic rings. The highest BCUT2D eigenvalue weighted by molar-refractivity contribution is 7.89. The molecule has 0 radical (unpaired) electrons. The molecule has 3 rings (SSSR count). The summed E-state index contributed by atoms with van der Waals surface area (Å²) in [5, 5.41) is 2.82. The van der Waals surface area contributed by atoms with Crippen LogP contribution in [0.4, 0.5) is 13.2 Å². The van der Waals surface area contributed by atoms with Gasteiger partial charge in [-0.3, -0.25) is 4.79 Å². The fourth-order valence-electron chi connectivity index (χ4n) is 4.40. The first-order valence-electron chi connectivity index (χ1n) is 9.02. The van der Waals surface area contributed by atoms with E-state index in [4.69, 9.17) is 0 Å². The van der Waals surface area contributed by atoms with Gasteiger partial charge in [-0.1, -0.05) is 12.5 Å². The lowest BCUT2D eigenvalue weighted by atomic mass is 9.84. The van der Waals surface area contributed by atoms with Crippen LogP contribution in [0.2, 0.25) is 0 Å². The van der Waals surface area contributed by atoms with Crippen LogP contribution in [0.15, 0.2) is 29.2 Å². The maximum atomic E-state index is 12.7. The molecule has 2 saturated carbocycles. The molecule has 0 aliphatic heterocycles. The number of amides is 1. The third-order valence-corrected chi connectivity index (χ3v) is 7.12. The van der Waals surface area contributed by atoms with Crippen molar-refractivity contribution in [2.24, 2.45) is 17.8 Å². The van der Waals surface area contributed by atoms with Gasteiger partial charge in [-0.15, -0.1) is 0 Å². The lowest BCUT2D eigenvalue weighted by Crippen LogP contribution is -2.44. The van der Waals surface area contributed by atoms with E-state index in [-0.39, 0.29) is 6.04 Å². The van der Waals surface area contributed by atoms with Crippen LogP contribution in [0.5, 0.6) is 0 Å². The molecule has 2 N–H and O–H groups in total. The zero-order chi connectivity index (χ0) is 19.8. The zero-order valence-electron chi connectivity index (χ0n) is 14.9. The molecule has 1 aromatic rings. The Labute approximate surface area is 156 Å². The van der Waals surface area contributed by atoms with Gasteiger partial charge in [0.05, 0.1) is 17.0 Å². The molecule has 150 valence electrons. The van der Waals surface area contributed by atoms with Crippen molar-refractivity contribution in [3.8, 4) is 0 Å². The molecule has 9 heteroatoms. The number of hydrogen-bond donors (Lipinski definition) is 2. The maximum absolute atomic E-state index is 12.7. The normalized spacial score (nSPS) is 26.1. The molecule has 2 fully saturated rings. The van der Waals surface area contributed by atoms with Crippen molar-refractivity contribution in [2.75, 3.05) is 6.54 Å². The minimum atomic E-state index is -4.64. The van der Waals surface area contributed by atoms with Crippen LogP contribution in [-0.2, 0) is 21.0 Å². The lowest BCUT2D eigenvalue weighted by Gasteiger charge is -2.28. The molecular formula is C18H23F3N2O3S. The number of nitrogens with one attached hydrogen (secondary N) is 2. The van der Waals surface area contributed by atoms with Gasteiger partial charge < -0.3 is 5.32 Å². The number of sulfonamides is 1. The quantitative estimate of drug-likeness (QED) is 0.766. The monoisotopic (exact) mass is 404 g/mol. The van der Waals surface area contributed by atoms with Gasteiger partial charge in [0.1, 0.15) is 0 Å². The average Bonchev–Trinajstić information content (AvgIpc) is 3.23. The highest BCUT2D eigenvalue weighted by Gasteiger charge is 2.42. The number of alkyl halides is 3. The Morgan fingerprint density at radius 1 is 1.26 bits per heavy atom. The van der Waals surface area contributed by atoms with Crippen molar-refractivity contribution in [3.63, 3.8) is 0 Å². The Hall–Kier alpha value is -1.61. The second kappa shape index (κ2) is 7.43. The van der Waals surface area contributed by atoms with Gasteiger partial charge in [-0.2, -0.15) is 13.2 Å². The predicted octanol–water partition coefficient (Wildman–Crippen LogP) is 2.92. The zero-order valence-corrected chi connectivity index (χ0v) is 15.7. The summed E-state index contributed by atoms with van der Waals surface area (Å²) in [5.41, 5.74) is -1.06. The first-order valence-corrected chi connectivity index (χ1v) is 10.5. The highest BCUT2D eigenvalue weighted by Crippen LogP contribution is 2.49. The SMILES string of the molecule is CC(NC(=O)CNS(=O)(=O)c1cccc(C(F)(F)F)c1)C1CC2CCC1C2. The fourth-order valence-corrected chi connectivity index (χ4v) is 5.43. The Balaban J connectivity index is 1.56. The van der Waals surface area contributed by atoms with E-state index < -0.39 is 39.1 Å². The summed E-state index contributed by atoms with van der Waals surface area (Å²) in [5.74, 6) is 1.28. The van der Waals surface area contributed by atoms with Crippen molar-refractivity contribution in [1.29, 1.82) is 0 Å². The molecule has 0 aromatic heterocycles. The highest BCUT2D eigenvalue weighted by atomic mass is 32.2. The van der Waals surface area contributed by atoms with E-state index in [0.29, 0.717) is 17.9 Å². The van der Waals surface area contributed by atoms with Gasteiger partial charge >= 0.3 is 6.18 Å². The van der Waals surface area contributed by atoms with E-state index in [1.807, 2.05) is 6.92 Å². The summed E-state index contributed by atoms with van der Waals surface area (Å²) in [7, 11) is -4.21. The molecule has 5 nitrogen and oxygen atoms in total. The smallest absolute Gasteiger partial charge is 0.352 e. The molecule has 2 aliphatic carbocycles. The number of rotatable bonds is 6. The van der Waals surface area contributed by atoms with Crippen molar-refractivity contribution >= 4 is 15.9 Å². The number of fused-ring (bicyclic) bond motifs is 2. The van der Waals surface area contributed by atoms with E-state index in [2.05, 4.69) is 10.0 Å². The molecule has 4 unspecified atom stereocenters. The summed E-state index contributed by atoms with van der Waals surface area (Å²) in [6.07, 6.45) is 0.0739. The second-order valence-electron chi connectivity index (χ2n) is 7.55. The van der Waals surface area contributed by atoms with Gasteiger partial charge in [0, 0.05) is 6.04 Å². The topological polar surface area (TPSA) is 75.3 Å². The van der Waals surface area contributed by atoms with Gasteiger partial charge in [0.2, 0.25) is 15.9 Å². The van der Waals surface area contributed by atoms with Gasteiger partial charge in [-0.05, 0) is 62.1 Å². The molecular weight excluding hydrogens is 381 g/mol. The number of hydrogen-bond acceptors (Lipinski definition) is 3. The standard InChI is InChI=1S/C18H23F3N2O3S/c1-11(16-8-12-5-6-13(16)7-12)23-17(24)10-22-27(25,26)15-4-2-3-14(9-15)18(19,20)21/h2-4,9,11-13,16,22H,5-8,10H2,1H3,(H,23,24). The van der Waals surface area contributed by atoms with Crippen molar-refractivity contribution in [3.05, 3.63) is 29.8 Å². The molecule has 0 spiro atoms. The minimum absolute atomic E-state index is 0.0501. The van der Waals surface area contributed by atoms with E-state index >= 15 is 0 Å². The number of carbonyl (C=O) groups excluding carboxylic acids is 1. The van der Waals surface area contributed by atoms with Crippen molar-refractivity contribution in [1.82, 2.24) is 10.0 Å². The van der Waals surface area contributed by atoms with Gasteiger partial charge in [0.15, 0.2) is 0 Å². The molecule has 4 atom stereocenters. The maximum Gasteiger partial charge on any atom is 0.416 e. The average molecular weight is 404 g/mol.